The van der Waals surface area contributed by atoms with Crippen LogP contribution in [0.3, 0.4) is 0 Å². The molecule has 170 valence electrons. The quantitative estimate of drug-likeness (QED) is 0.263. The van der Waals surface area contributed by atoms with Crippen LogP contribution >= 0.6 is 0 Å². The third kappa shape index (κ3) is 3.62. The van der Waals surface area contributed by atoms with Crippen LogP contribution in [0.2, 0.25) is 0 Å². The molecule has 3 nitrogen and oxygen atoms in total. The summed E-state index contributed by atoms with van der Waals surface area (Å²) in [7, 11) is 0. The predicted molar refractivity (Wildman–Crippen MR) is 147 cm³/mol. The van der Waals surface area contributed by atoms with Crippen molar-refractivity contribution in [1.82, 2.24) is 9.97 Å². The maximum Gasteiger partial charge on any atom is 0.160 e. The van der Waals surface area contributed by atoms with Crippen molar-refractivity contribution in [3.8, 4) is 22.4 Å². The fourth-order valence-electron chi connectivity index (χ4n) is 5.06. The van der Waals surface area contributed by atoms with Crippen molar-refractivity contribution in [3.05, 3.63) is 133 Å². The monoisotopic (exact) mass is 462 g/mol. The van der Waals surface area contributed by atoms with Gasteiger partial charge in [0.25, 0.3) is 0 Å². The smallest absolute Gasteiger partial charge is 0.160 e. The number of benzene rings is 4. The zero-order chi connectivity index (χ0) is 23.9. The van der Waals surface area contributed by atoms with Gasteiger partial charge >= 0.3 is 0 Å². The van der Waals surface area contributed by atoms with Crippen LogP contribution in [-0.2, 0) is 6.42 Å². The fraction of sp³-hybridized carbons (Fsp3) is 0.0303. The van der Waals surface area contributed by atoms with Crippen LogP contribution in [0.25, 0.3) is 55.0 Å². The highest BCUT2D eigenvalue weighted by Crippen LogP contribution is 2.34. The summed E-state index contributed by atoms with van der Waals surface area (Å²) in [6, 6.07) is 36.4. The van der Waals surface area contributed by atoms with Gasteiger partial charge in [-0.1, -0.05) is 66.7 Å². The molecule has 0 radical (unpaired) electrons. The normalized spacial score (nSPS) is 11.4. The molecule has 0 N–H and O–H groups in total. The third-order valence-corrected chi connectivity index (χ3v) is 6.83. The average Bonchev–Trinajstić information content (AvgIpc) is 3.42. The molecular formula is C33H22N2O. The minimum absolute atomic E-state index is 0.817. The number of aromatic nitrogens is 2. The highest BCUT2D eigenvalue weighted by atomic mass is 16.3. The topological polar surface area (TPSA) is 38.9 Å². The molecule has 7 rings (SSSR count). The van der Waals surface area contributed by atoms with Crippen LogP contribution < -0.4 is 0 Å². The molecular weight excluding hydrogens is 440 g/mol. The van der Waals surface area contributed by atoms with E-state index >= 15 is 0 Å². The third-order valence-electron chi connectivity index (χ3n) is 6.83. The molecule has 0 atom stereocenters. The molecule has 0 saturated heterocycles. The van der Waals surface area contributed by atoms with Crippen molar-refractivity contribution in [2.45, 2.75) is 6.42 Å². The summed E-state index contributed by atoms with van der Waals surface area (Å²) in [6.07, 6.45) is 6.27. The molecule has 3 heterocycles. The lowest BCUT2D eigenvalue weighted by Crippen LogP contribution is -1.93. The van der Waals surface area contributed by atoms with Gasteiger partial charge < -0.3 is 4.42 Å². The van der Waals surface area contributed by atoms with Crippen molar-refractivity contribution in [3.63, 3.8) is 0 Å². The van der Waals surface area contributed by atoms with E-state index in [1.807, 2.05) is 18.3 Å². The second kappa shape index (κ2) is 8.47. The van der Waals surface area contributed by atoms with E-state index in [1.54, 1.807) is 12.5 Å². The summed E-state index contributed by atoms with van der Waals surface area (Å²) in [5, 5.41) is 4.59. The first-order valence-electron chi connectivity index (χ1n) is 12.1. The minimum atomic E-state index is 0.817. The molecule has 0 aliphatic rings. The Morgan fingerprint density at radius 3 is 2.39 bits per heavy atom. The lowest BCUT2D eigenvalue weighted by molar-refractivity contribution is 0.618. The molecule has 0 spiro atoms. The number of hydrogen-bond donors (Lipinski definition) is 0. The van der Waals surface area contributed by atoms with E-state index in [9.17, 15) is 0 Å². The predicted octanol–water partition coefficient (Wildman–Crippen LogP) is 8.45. The SMILES string of the molecule is c1ccc(-c2ccc3cc(Cc4ccnc(-c5cc6ccoc6c6ncccc56)c4)ccc3c2)cc1. The Balaban J connectivity index is 1.24. The molecule has 0 saturated carbocycles. The first-order valence-corrected chi connectivity index (χ1v) is 12.1. The second-order valence-electron chi connectivity index (χ2n) is 9.15. The Morgan fingerprint density at radius 2 is 1.44 bits per heavy atom. The number of pyridine rings is 2. The summed E-state index contributed by atoms with van der Waals surface area (Å²) < 4.78 is 5.71. The van der Waals surface area contributed by atoms with Crippen LogP contribution in [0.15, 0.2) is 126 Å². The molecule has 0 unspecified atom stereocenters. The Morgan fingerprint density at radius 1 is 0.583 bits per heavy atom. The summed E-state index contributed by atoms with van der Waals surface area (Å²) in [6.45, 7) is 0. The Hall–Kier alpha value is -4.76. The van der Waals surface area contributed by atoms with Gasteiger partial charge in [0.2, 0.25) is 0 Å². The van der Waals surface area contributed by atoms with Gasteiger partial charge in [-0.25, -0.2) is 0 Å². The minimum Gasteiger partial charge on any atom is -0.462 e. The number of furan rings is 1. The first kappa shape index (κ1) is 20.6. The van der Waals surface area contributed by atoms with Crippen molar-refractivity contribution in [2.24, 2.45) is 0 Å². The number of nitrogens with zero attached hydrogens (tertiary/aromatic N) is 2. The van der Waals surface area contributed by atoms with Crippen LogP contribution in [0, 0.1) is 0 Å². The van der Waals surface area contributed by atoms with Gasteiger partial charge in [0, 0.05) is 28.7 Å². The Labute approximate surface area is 208 Å². The van der Waals surface area contributed by atoms with Crippen molar-refractivity contribution < 1.29 is 4.42 Å². The largest absolute Gasteiger partial charge is 0.462 e. The summed E-state index contributed by atoms with van der Waals surface area (Å²) >= 11 is 0. The van der Waals surface area contributed by atoms with Gasteiger partial charge in [-0.2, -0.15) is 0 Å². The van der Waals surface area contributed by atoms with Gasteiger partial charge in [0.1, 0.15) is 5.52 Å². The second-order valence-corrected chi connectivity index (χ2v) is 9.15. The van der Waals surface area contributed by atoms with Gasteiger partial charge in [-0.3, -0.25) is 9.97 Å². The Kier molecular flexibility index (Phi) is 4.85. The van der Waals surface area contributed by atoms with Gasteiger partial charge in [0.05, 0.1) is 12.0 Å². The molecule has 0 fully saturated rings. The molecule has 0 aliphatic carbocycles. The van der Waals surface area contributed by atoms with Crippen LogP contribution in [0.1, 0.15) is 11.1 Å². The molecule has 36 heavy (non-hydrogen) atoms. The molecule has 0 aliphatic heterocycles. The van der Waals surface area contributed by atoms with Gasteiger partial charge in [0.15, 0.2) is 5.58 Å². The molecule has 3 aromatic heterocycles. The van der Waals surface area contributed by atoms with E-state index in [4.69, 9.17) is 9.40 Å². The number of hydrogen-bond acceptors (Lipinski definition) is 3. The molecule has 0 bridgehead atoms. The standard InChI is InChI=1S/C33H22N2O/c1-2-5-24(6-3-1)26-11-10-25-18-22(8-9-27(25)20-26)17-23-12-15-34-31(19-23)30-21-28-13-16-36-33(28)32-29(30)7-4-14-35-32/h1-16,18-21H,17H2. The van der Waals surface area contributed by atoms with Crippen molar-refractivity contribution in [1.29, 1.82) is 0 Å². The van der Waals surface area contributed by atoms with Crippen LogP contribution in [0.4, 0.5) is 0 Å². The fourth-order valence-corrected chi connectivity index (χ4v) is 5.06. The Bertz CT molecular complexity index is 1870. The summed E-state index contributed by atoms with van der Waals surface area (Å²) in [4.78, 5) is 9.31. The van der Waals surface area contributed by atoms with E-state index in [1.165, 1.54) is 33.0 Å². The maximum absolute atomic E-state index is 5.71. The molecule has 7 aromatic rings. The zero-order valence-corrected chi connectivity index (χ0v) is 19.6. The van der Waals surface area contributed by atoms with E-state index < -0.39 is 0 Å². The molecule has 4 aromatic carbocycles. The zero-order valence-electron chi connectivity index (χ0n) is 19.6. The average molecular weight is 463 g/mol. The van der Waals surface area contributed by atoms with Gasteiger partial charge in [-0.05, 0) is 75.8 Å². The van der Waals surface area contributed by atoms with Crippen LogP contribution in [0.5, 0.6) is 0 Å². The van der Waals surface area contributed by atoms with E-state index in [0.717, 1.165) is 39.6 Å². The summed E-state index contributed by atoms with van der Waals surface area (Å²) in [5.41, 5.74) is 8.69. The molecule has 3 heteroatoms. The van der Waals surface area contributed by atoms with Crippen molar-refractivity contribution in [2.75, 3.05) is 0 Å². The lowest BCUT2D eigenvalue weighted by Gasteiger charge is -2.10. The van der Waals surface area contributed by atoms with Crippen molar-refractivity contribution >= 4 is 32.6 Å². The highest BCUT2D eigenvalue weighted by molar-refractivity contribution is 6.09. The lowest BCUT2D eigenvalue weighted by atomic mass is 9.97. The maximum atomic E-state index is 5.71. The van der Waals surface area contributed by atoms with Gasteiger partial charge in [-0.15, -0.1) is 0 Å². The van der Waals surface area contributed by atoms with Crippen LogP contribution in [-0.4, -0.2) is 9.97 Å². The number of rotatable bonds is 4. The van der Waals surface area contributed by atoms with E-state index in [-0.39, 0.29) is 0 Å². The number of fused-ring (bicyclic) bond motifs is 4. The molecule has 0 amide bonds. The summed E-state index contributed by atoms with van der Waals surface area (Å²) in [5.74, 6) is 0. The van der Waals surface area contributed by atoms with E-state index in [0.29, 0.717) is 0 Å². The first-order chi connectivity index (χ1) is 17.8. The highest BCUT2D eigenvalue weighted by Gasteiger charge is 2.13. The van der Waals surface area contributed by atoms with E-state index in [2.05, 4.69) is 96.0 Å².